The SMILES string of the molecule is CC(=O)N[C@H]1C(O)[C@@H](O)C(CO)O[C@H]1S. The number of amides is 1. The van der Waals surface area contributed by atoms with E-state index < -0.39 is 36.4 Å². The molecule has 5 atom stereocenters. The van der Waals surface area contributed by atoms with E-state index in [1.165, 1.54) is 6.92 Å². The molecule has 1 aliphatic heterocycles. The van der Waals surface area contributed by atoms with Crippen LogP contribution in [0.3, 0.4) is 0 Å². The third kappa shape index (κ3) is 2.82. The first-order chi connectivity index (χ1) is 6.97. The fraction of sp³-hybridized carbons (Fsp3) is 0.875. The standard InChI is InChI=1S/C8H15NO5S/c1-3(11)9-5-7(13)6(12)4(2-10)14-8(5)15/h4-8,10,12-13,15H,2H2,1H3,(H,9,11)/t4?,5-,6-,7?,8-/m0/s1. The predicted molar refractivity (Wildman–Crippen MR) is 54.4 cm³/mol. The Morgan fingerprint density at radius 1 is 1.47 bits per heavy atom. The lowest BCUT2D eigenvalue weighted by Gasteiger charge is -2.40. The van der Waals surface area contributed by atoms with Gasteiger partial charge in [0.1, 0.15) is 23.7 Å². The number of hydrogen-bond donors (Lipinski definition) is 5. The number of aliphatic hydroxyl groups is 3. The fourth-order valence-corrected chi connectivity index (χ4v) is 1.89. The van der Waals surface area contributed by atoms with Crippen LogP contribution in [-0.4, -0.2) is 57.6 Å². The molecule has 1 heterocycles. The molecule has 1 amide bonds. The molecule has 0 bridgehead atoms. The number of ether oxygens (including phenoxy) is 1. The van der Waals surface area contributed by atoms with Crippen molar-refractivity contribution in [1.82, 2.24) is 5.32 Å². The molecule has 2 unspecified atom stereocenters. The van der Waals surface area contributed by atoms with Crippen LogP contribution >= 0.6 is 12.6 Å². The van der Waals surface area contributed by atoms with Gasteiger partial charge < -0.3 is 25.4 Å². The molecule has 1 fully saturated rings. The molecular formula is C8H15NO5S. The second kappa shape index (κ2) is 5.13. The monoisotopic (exact) mass is 237 g/mol. The van der Waals surface area contributed by atoms with Crippen LogP contribution in [0.5, 0.6) is 0 Å². The second-order valence-corrected chi connectivity index (χ2v) is 3.96. The van der Waals surface area contributed by atoms with Crippen LogP contribution in [-0.2, 0) is 9.53 Å². The summed E-state index contributed by atoms with van der Waals surface area (Å²) in [6.45, 7) is 0.875. The number of rotatable bonds is 2. The molecule has 15 heavy (non-hydrogen) atoms. The van der Waals surface area contributed by atoms with E-state index in [1.807, 2.05) is 0 Å². The van der Waals surface area contributed by atoms with Crippen LogP contribution in [0.2, 0.25) is 0 Å². The molecule has 0 aliphatic carbocycles. The van der Waals surface area contributed by atoms with E-state index in [-0.39, 0.29) is 5.91 Å². The highest BCUT2D eigenvalue weighted by Crippen LogP contribution is 2.22. The zero-order valence-corrected chi connectivity index (χ0v) is 9.09. The fourth-order valence-electron chi connectivity index (χ4n) is 1.49. The Bertz CT molecular complexity index is 239. The maximum atomic E-state index is 10.8. The van der Waals surface area contributed by atoms with E-state index in [0.717, 1.165) is 0 Å². The van der Waals surface area contributed by atoms with Gasteiger partial charge in [0.2, 0.25) is 5.91 Å². The minimum atomic E-state index is -1.24. The third-order valence-corrected chi connectivity index (χ3v) is 2.71. The van der Waals surface area contributed by atoms with Crippen molar-refractivity contribution >= 4 is 18.5 Å². The van der Waals surface area contributed by atoms with Crippen molar-refractivity contribution in [3.8, 4) is 0 Å². The molecular weight excluding hydrogens is 222 g/mol. The number of aliphatic hydroxyl groups excluding tert-OH is 3. The summed E-state index contributed by atoms with van der Waals surface area (Å²) in [6, 6.07) is -0.788. The van der Waals surface area contributed by atoms with Gasteiger partial charge in [0.05, 0.1) is 12.6 Å². The van der Waals surface area contributed by atoms with Crippen molar-refractivity contribution in [2.75, 3.05) is 6.61 Å². The van der Waals surface area contributed by atoms with E-state index >= 15 is 0 Å². The van der Waals surface area contributed by atoms with Gasteiger partial charge in [-0.15, -0.1) is 12.6 Å². The van der Waals surface area contributed by atoms with Gasteiger partial charge in [-0.2, -0.15) is 0 Å². The van der Waals surface area contributed by atoms with Gasteiger partial charge in [0.15, 0.2) is 0 Å². The minimum absolute atomic E-state index is 0.351. The molecule has 1 aliphatic rings. The first-order valence-electron chi connectivity index (χ1n) is 4.55. The molecule has 0 aromatic heterocycles. The maximum Gasteiger partial charge on any atom is 0.217 e. The summed E-state index contributed by atoms with van der Waals surface area (Å²) < 4.78 is 5.12. The highest BCUT2D eigenvalue weighted by molar-refractivity contribution is 7.80. The van der Waals surface area contributed by atoms with Gasteiger partial charge in [-0.25, -0.2) is 0 Å². The van der Waals surface area contributed by atoms with Crippen molar-refractivity contribution in [3.05, 3.63) is 0 Å². The molecule has 4 N–H and O–H groups in total. The molecule has 0 radical (unpaired) electrons. The van der Waals surface area contributed by atoms with E-state index in [4.69, 9.17) is 9.84 Å². The smallest absolute Gasteiger partial charge is 0.217 e. The molecule has 1 rings (SSSR count). The quantitative estimate of drug-likeness (QED) is 0.353. The Morgan fingerprint density at radius 3 is 2.53 bits per heavy atom. The average molecular weight is 237 g/mol. The number of nitrogens with one attached hydrogen (secondary N) is 1. The number of hydrogen-bond acceptors (Lipinski definition) is 6. The van der Waals surface area contributed by atoms with Crippen molar-refractivity contribution in [2.24, 2.45) is 0 Å². The normalized spacial score (nSPS) is 41.3. The molecule has 6 nitrogen and oxygen atoms in total. The van der Waals surface area contributed by atoms with Crippen LogP contribution in [0.1, 0.15) is 6.92 Å². The lowest BCUT2D eigenvalue weighted by atomic mass is 9.98. The van der Waals surface area contributed by atoms with Gasteiger partial charge in [-0.1, -0.05) is 0 Å². The average Bonchev–Trinajstić information content (AvgIpc) is 2.18. The molecule has 1 saturated heterocycles. The summed E-state index contributed by atoms with van der Waals surface area (Å²) in [4.78, 5) is 10.8. The number of carbonyl (C=O) groups is 1. The van der Waals surface area contributed by atoms with Gasteiger partial charge in [0.25, 0.3) is 0 Å². The first kappa shape index (κ1) is 12.7. The Hall–Kier alpha value is -0.340. The lowest BCUT2D eigenvalue weighted by Crippen LogP contribution is -2.62. The van der Waals surface area contributed by atoms with E-state index in [1.54, 1.807) is 0 Å². The van der Waals surface area contributed by atoms with Crippen molar-refractivity contribution in [3.63, 3.8) is 0 Å². The third-order valence-electron chi connectivity index (χ3n) is 2.27. The van der Waals surface area contributed by atoms with Gasteiger partial charge in [-0.3, -0.25) is 4.79 Å². The molecule has 88 valence electrons. The highest BCUT2D eigenvalue weighted by Gasteiger charge is 2.43. The highest BCUT2D eigenvalue weighted by atomic mass is 32.1. The largest absolute Gasteiger partial charge is 0.394 e. The van der Waals surface area contributed by atoms with Crippen LogP contribution < -0.4 is 5.32 Å². The zero-order valence-electron chi connectivity index (χ0n) is 8.20. The number of thiol groups is 1. The predicted octanol–water partition coefficient (Wildman–Crippen LogP) is -2.14. The van der Waals surface area contributed by atoms with Crippen molar-refractivity contribution in [1.29, 1.82) is 0 Å². The summed E-state index contributed by atoms with van der Waals surface area (Å²) in [5, 5.41) is 30.4. The van der Waals surface area contributed by atoms with Crippen LogP contribution in [0.4, 0.5) is 0 Å². The summed E-state index contributed by atoms with van der Waals surface area (Å²) in [7, 11) is 0. The van der Waals surface area contributed by atoms with Crippen molar-refractivity contribution in [2.45, 2.75) is 36.7 Å². The zero-order chi connectivity index (χ0) is 11.6. The van der Waals surface area contributed by atoms with E-state index in [0.29, 0.717) is 0 Å². The van der Waals surface area contributed by atoms with E-state index in [9.17, 15) is 15.0 Å². The van der Waals surface area contributed by atoms with Crippen molar-refractivity contribution < 1.29 is 24.9 Å². The maximum absolute atomic E-state index is 10.8. The van der Waals surface area contributed by atoms with Crippen LogP contribution in [0, 0.1) is 0 Å². The summed E-state index contributed by atoms with van der Waals surface area (Å²) in [5.74, 6) is -0.351. The Labute approximate surface area is 92.7 Å². The molecule has 0 saturated carbocycles. The Balaban J connectivity index is 2.70. The van der Waals surface area contributed by atoms with Gasteiger partial charge in [0, 0.05) is 6.92 Å². The van der Waals surface area contributed by atoms with E-state index in [2.05, 4.69) is 17.9 Å². The molecule has 0 aromatic carbocycles. The topological polar surface area (TPSA) is 99.0 Å². The second-order valence-electron chi connectivity index (χ2n) is 3.46. The molecule has 7 heteroatoms. The summed E-state index contributed by atoms with van der Waals surface area (Å²) in [5.41, 5.74) is -0.760. The first-order valence-corrected chi connectivity index (χ1v) is 5.06. The lowest BCUT2D eigenvalue weighted by molar-refractivity contribution is -0.173. The summed E-state index contributed by atoms with van der Waals surface area (Å²) >= 11 is 4.02. The summed E-state index contributed by atoms with van der Waals surface area (Å²) in [6.07, 6.45) is -3.33. The Kier molecular flexibility index (Phi) is 4.35. The van der Waals surface area contributed by atoms with Gasteiger partial charge >= 0.3 is 0 Å². The Morgan fingerprint density at radius 2 is 2.07 bits per heavy atom. The minimum Gasteiger partial charge on any atom is -0.394 e. The molecule has 0 aromatic rings. The van der Waals surface area contributed by atoms with Crippen LogP contribution in [0.15, 0.2) is 0 Å². The van der Waals surface area contributed by atoms with Crippen LogP contribution in [0.25, 0.3) is 0 Å². The number of carbonyl (C=O) groups excluding carboxylic acids is 1. The van der Waals surface area contributed by atoms with Gasteiger partial charge in [-0.05, 0) is 0 Å². The molecule has 0 spiro atoms.